The zero-order valence-corrected chi connectivity index (χ0v) is 15.9. The zero-order valence-electron chi connectivity index (χ0n) is 15.1. The van der Waals surface area contributed by atoms with Crippen LogP contribution in [0.4, 0.5) is 0 Å². The lowest BCUT2D eigenvalue weighted by Gasteiger charge is -2.29. The molecule has 0 saturated carbocycles. The Hall–Kier alpha value is -2.22. The fraction of sp³-hybridized carbons (Fsp3) is 0.500. The summed E-state index contributed by atoms with van der Waals surface area (Å²) in [4.78, 5) is 37.8. The lowest BCUT2D eigenvalue weighted by atomic mass is 10.1. The van der Waals surface area contributed by atoms with Gasteiger partial charge in [0, 0.05) is 12.2 Å². The van der Waals surface area contributed by atoms with E-state index in [2.05, 4.69) is 10.9 Å². The van der Waals surface area contributed by atoms with Crippen molar-refractivity contribution >= 4 is 29.5 Å². The number of rotatable bonds is 4. The van der Waals surface area contributed by atoms with Crippen molar-refractivity contribution < 1.29 is 19.1 Å². The number of benzene rings is 1. The van der Waals surface area contributed by atoms with Gasteiger partial charge in [0.25, 0.3) is 11.8 Å². The first-order valence-electron chi connectivity index (χ1n) is 8.55. The summed E-state index contributed by atoms with van der Waals surface area (Å²) in [5.41, 5.74) is 6.66. The van der Waals surface area contributed by atoms with Crippen LogP contribution in [-0.2, 0) is 14.4 Å². The second-order valence-corrected chi connectivity index (χ2v) is 8.31. The molecule has 2 aliphatic rings. The van der Waals surface area contributed by atoms with Crippen LogP contribution in [0.1, 0.15) is 30.9 Å². The van der Waals surface area contributed by atoms with E-state index in [9.17, 15) is 14.4 Å². The Kier molecular flexibility index (Phi) is 5.13. The van der Waals surface area contributed by atoms with Crippen molar-refractivity contribution in [1.82, 2.24) is 15.8 Å². The Balaban J connectivity index is 1.50. The fourth-order valence-corrected chi connectivity index (χ4v) is 4.86. The molecule has 0 aliphatic carbocycles. The molecule has 2 heterocycles. The first kappa shape index (κ1) is 18.6. The molecule has 0 spiro atoms. The van der Waals surface area contributed by atoms with Crippen LogP contribution < -0.4 is 15.6 Å². The van der Waals surface area contributed by atoms with Crippen LogP contribution in [0.15, 0.2) is 18.2 Å². The summed E-state index contributed by atoms with van der Waals surface area (Å²) in [7, 11) is 0. The summed E-state index contributed by atoms with van der Waals surface area (Å²) in [6, 6.07) is 5.18. The molecule has 26 heavy (non-hydrogen) atoms. The largest absolute Gasteiger partial charge is 0.483 e. The van der Waals surface area contributed by atoms with Crippen LogP contribution in [0, 0.1) is 13.8 Å². The third kappa shape index (κ3) is 3.51. The van der Waals surface area contributed by atoms with E-state index in [0.717, 1.165) is 17.5 Å². The number of hydrazine groups is 1. The van der Waals surface area contributed by atoms with E-state index in [1.54, 1.807) is 16.7 Å². The molecule has 2 aliphatic heterocycles. The SMILES string of the molecule is Cc1cccc(C)c1OCC(=O)NNC(=O)[C@H]1CS[C@]2(C)CCC(=O)N12. The van der Waals surface area contributed by atoms with Crippen molar-refractivity contribution in [3.05, 3.63) is 29.3 Å². The zero-order chi connectivity index (χ0) is 18.9. The van der Waals surface area contributed by atoms with E-state index >= 15 is 0 Å². The second kappa shape index (κ2) is 7.19. The van der Waals surface area contributed by atoms with Crippen LogP contribution in [0.3, 0.4) is 0 Å². The Morgan fingerprint density at radius 2 is 2.00 bits per heavy atom. The molecule has 0 unspecified atom stereocenters. The summed E-state index contributed by atoms with van der Waals surface area (Å²) >= 11 is 1.61. The van der Waals surface area contributed by atoms with Crippen molar-refractivity contribution in [2.45, 2.75) is 44.5 Å². The number of ether oxygens (including phenoxy) is 1. The Morgan fingerprint density at radius 3 is 2.69 bits per heavy atom. The summed E-state index contributed by atoms with van der Waals surface area (Å²) in [5, 5.41) is 0. The topological polar surface area (TPSA) is 87.7 Å². The number of nitrogens with one attached hydrogen (secondary N) is 2. The third-order valence-corrected chi connectivity index (χ3v) is 6.33. The predicted molar refractivity (Wildman–Crippen MR) is 98.4 cm³/mol. The van der Waals surface area contributed by atoms with Gasteiger partial charge in [0.1, 0.15) is 11.8 Å². The van der Waals surface area contributed by atoms with Crippen molar-refractivity contribution in [2.75, 3.05) is 12.4 Å². The number of nitrogens with zero attached hydrogens (tertiary/aromatic N) is 1. The monoisotopic (exact) mass is 377 g/mol. The highest BCUT2D eigenvalue weighted by atomic mass is 32.2. The van der Waals surface area contributed by atoms with Crippen molar-refractivity contribution in [2.24, 2.45) is 0 Å². The van der Waals surface area contributed by atoms with E-state index < -0.39 is 11.9 Å². The van der Waals surface area contributed by atoms with Crippen LogP contribution >= 0.6 is 11.8 Å². The molecule has 1 aromatic carbocycles. The molecule has 7 nitrogen and oxygen atoms in total. The summed E-state index contributed by atoms with van der Waals surface area (Å²) < 4.78 is 5.56. The molecule has 140 valence electrons. The van der Waals surface area contributed by atoms with E-state index in [1.807, 2.05) is 39.0 Å². The van der Waals surface area contributed by atoms with Crippen molar-refractivity contribution in [3.63, 3.8) is 0 Å². The maximum Gasteiger partial charge on any atom is 0.276 e. The molecule has 0 aromatic heterocycles. The van der Waals surface area contributed by atoms with Gasteiger partial charge >= 0.3 is 0 Å². The summed E-state index contributed by atoms with van der Waals surface area (Å²) in [6.45, 7) is 5.59. The highest BCUT2D eigenvalue weighted by Gasteiger charge is 2.52. The minimum atomic E-state index is -0.556. The smallest absolute Gasteiger partial charge is 0.276 e. The van der Waals surface area contributed by atoms with Gasteiger partial charge in [-0.3, -0.25) is 25.2 Å². The van der Waals surface area contributed by atoms with Gasteiger partial charge in [0.2, 0.25) is 5.91 Å². The molecule has 0 bridgehead atoms. The lowest BCUT2D eigenvalue weighted by molar-refractivity contribution is -0.139. The first-order valence-corrected chi connectivity index (χ1v) is 9.54. The number of amides is 3. The van der Waals surface area contributed by atoms with Gasteiger partial charge in [-0.05, 0) is 38.3 Å². The number of hydrogen-bond donors (Lipinski definition) is 2. The van der Waals surface area contributed by atoms with E-state index in [4.69, 9.17) is 4.74 Å². The number of thioether (sulfide) groups is 1. The Morgan fingerprint density at radius 1 is 1.31 bits per heavy atom. The van der Waals surface area contributed by atoms with Gasteiger partial charge in [0.15, 0.2) is 6.61 Å². The maximum atomic E-state index is 12.4. The van der Waals surface area contributed by atoms with E-state index in [0.29, 0.717) is 17.9 Å². The van der Waals surface area contributed by atoms with E-state index in [-0.39, 0.29) is 23.3 Å². The number of carbonyl (C=O) groups excluding carboxylic acids is 3. The third-order valence-electron chi connectivity index (χ3n) is 4.83. The normalized spacial score (nSPS) is 24.3. The fourth-order valence-electron chi connectivity index (χ4n) is 3.43. The summed E-state index contributed by atoms with van der Waals surface area (Å²) in [5.74, 6) is 0.351. The minimum Gasteiger partial charge on any atom is -0.483 e. The number of carbonyl (C=O) groups is 3. The number of aryl methyl sites for hydroxylation is 2. The summed E-state index contributed by atoms with van der Waals surface area (Å²) in [6.07, 6.45) is 1.21. The van der Waals surface area contributed by atoms with E-state index in [1.165, 1.54) is 0 Å². The molecule has 3 amide bonds. The molecule has 8 heteroatoms. The minimum absolute atomic E-state index is 0.0117. The number of fused-ring (bicyclic) bond motifs is 1. The Bertz CT molecular complexity index is 734. The second-order valence-electron chi connectivity index (χ2n) is 6.81. The highest BCUT2D eigenvalue weighted by Crippen LogP contribution is 2.47. The standard InChI is InChI=1S/C18H23N3O4S/c1-11-5-4-6-12(2)16(11)25-9-14(22)19-20-17(24)13-10-26-18(3)8-7-15(23)21(13)18/h4-6,13H,7-10H2,1-3H3,(H,19,22)(H,20,24)/t13-,18-/m1/s1. The van der Waals surface area contributed by atoms with Crippen LogP contribution in [-0.4, -0.2) is 45.9 Å². The molecule has 2 fully saturated rings. The van der Waals surface area contributed by atoms with Crippen LogP contribution in [0.2, 0.25) is 0 Å². The van der Waals surface area contributed by atoms with Gasteiger partial charge < -0.3 is 9.64 Å². The van der Waals surface area contributed by atoms with Crippen LogP contribution in [0.25, 0.3) is 0 Å². The van der Waals surface area contributed by atoms with Gasteiger partial charge in [-0.2, -0.15) is 0 Å². The Labute approximate surface area is 156 Å². The van der Waals surface area contributed by atoms with Crippen LogP contribution in [0.5, 0.6) is 5.75 Å². The first-order chi connectivity index (χ1) is 12.3. The van der Waals surface area contributed by atoms with Gasteiger partial charge in [-0.15, -0.1) is 11.8 Å². The molecule has 1 aromatic rings. The molecule has 3 rings (SSSR count). The highest BCUT2D eigenvalue weighted by molar-refractivity contribution is 8.01. The quantitative estimate of drug-likeness (QED) is 0.772. The number of hydrogen-bond acceptors (Lipinski definition) is 5. The predicted octanol–water partition coefficient (Wildman–Crippen LogP) is 1.28. The average Bonchev–Trinajstić information content (AvgIpc) is 3.08. The van der Waals surface area contributed by atoms with Crippen molar-refractivity contribution in [3.8, 4) is 5.75 Å². The average molecular weight is 377 g/mol. The van der Waals surface area contributed by atoms with Gasteiger partial charge in [-0.1, -0.05) is 18.2 Å². The molecule has 2 N–H and O–H groups in total. The molecule has 0 radical (unpaired) electrons. The van der Waals surface area contributed by atoms with Gasteiger partial charge in [0.05, 0.1) is 4.87 Å². The molecule has 2 atom stereocenters. The molecular weight excluding hydrogens is 354 g/mol. The molecular formula is C18H23N3O4S. The maximum absolute atomic E-state index is 12.4. The number of para-hydroxylation sites is 1. The van der Waals surface area contributed by atoms with Gasteiger partial charge in [-0.25, -0.2) is 0 Å². The lowest BCUT2D eigenvalue weighted by Crippen LogP contribution is -2.54. The van der Waals surface area contributed by atoms with Crippen molar-refractivity contribution in [1.29, 1.82) is 0 Å². The molecule has 2 saturated heterocycles.